The minimum absolute atomic E-state index is 0.190. The first-order valence-electron chi connectivity index (χ1n) is 11.7. The van der Waals surface area contributed by atoms with Crippen LogP contribution in [0.5, 0.6) is 0 Å². The Morgan fingerprint density at radius 2 is 0.595 bits per heavy atom. The second kappa shape index (κ2) is 11.9. The highest BCUT2D eigenvalue weighted by Crippen LogP contribution is 2.53. The molecule has 0 heterocycles. The molecule has 5 heteroatoms. The predicted molar refractivity (Wildman–Crippen MR) is 152 cm³/mol. The summed E-state index contributed by atoms with van der Waals surface area (Å²) in [5.41, 5.74) is -0.380. The molecular weight excluding hydrogens is 479 g/mol. The zero-order valence-electron chi connectivity index (χ0n) is 20.0. The van der Waals surface area contributed by atoms with Gasteiger partial charge in [0, 0.05) is 0 Å². The van der Waals surface area contributed by atoms with Crippen LogP contribution in [0.15, 0.2) is 146 Å². The van der Waals surface area contributed by atoms with E-state index in [-0.39, 0.29) is 11.1 Å². The van der Waals surface area contributed by atoms with Crippen LogP contribution in [0.1, 0.15) is 20.7 Å². The number of hydrogen-bond acceptors (Lipinski definition) is 2. The SMILES string of the molecule is O=C(O)c1ccccc1C(=O)O.c1ccc([P+](c2ccccc2)(c2ccccc2)c2ccccc2)cc1. The molecule has 0 aliphatic rings. The van der Waals surface area contributed by atoms with Gasteiger partial charge in [0.2, 0.25) is 0 Å². The van der Waals surface area contributed by atoms with Crippen molar-refractivity contribution in [2.24, 2.45) is 0 Å². The van der Waals surface area contributed by atoms with Crippen LogP contribution in [0.2, 0.25) is 0 Å². The summed E-state index contributed by atoms with van der Waals surface area (Å²) < 4.78 is 0. The molecule has 0 spiro atoms. The van der Waals surface area contributed by atoms with Gasteiger partial charge in [0.05, 0.1) is 11.1 Å². The Hall–Kier alpha value is -4.53. The van der Waals surface area contributed by atoms with Gasteiger partial charge in [-0.05, 0) is 60.7 Å². The molecule has 0 aromatic heterocycles. The highest BCUT2D eigenvalue weighted by atomic mass is 31.2. The molecule has 182 valence electrons. The summed E-state index contributed by atoms with van der Waals surface area (Å²) in [4.78, 5) is 20.9. The molecule has 5 aromatic carbocycles. The number of hydrogen-bond donors (Lipinski definition) is 2. The molecule has 2 N–H and O–H groups in total. The lowest BCUT2D eigenvalue weighted by atomic mass is 10.1. The van der Waals surface area contributed by atoms with Gasteiger partial charge < -0.3 is 10.2 Å². The first kappa shape index (κ1) is 25.6. The van der Waals surface area contributed by atoms with E-state index < -0.39 is 19.2 Å². The third kappa shape index (κ3) is 5.50. The van der Waals surface area contributed by atoms with E-state index in [0.717, 1.165) is 0 Å². The summed E-state index contributed by atoms with van der Waals surface area (Å²) in [5, 5.41) is 22.7. The van der Waals surface area contributed by atoms with Crippen molar-refractivity contribution in [3.63, 3.8) is 0 Å². The molecule has 5 rings (SSSR count). The number of carboxylic acids is 2. The lowest BCUT2D eigenvalue weighted by Gasteiger charge is -2.27. The van der Waals surface area contributed by atoms with Crippen molar-refractivity contribution in [2.75, 3.05) is 0 Å². The Morgan fingerprint density at radius 3 is 0.811 bits per heavy atom. The van der Waals surface area contributed by atoms with E-state index in [0.29, 0.717) is 0 Å². The van der Waals surface area contributed by atoms with Crippen LogP contribution in [-0.2, 0) is 0 Å². The smallest absolute Gasteiger partial charge is 0.336 e. The first-order chi connectivity index (χ1) is 18.0. The first-order valence-corrected chi connectivity index (χ1v) is 13.5. The van der Waals surface area contributed by atoms with Crippen LogP contribution >= 0.6 is 7.26 Å². The summed E-state index contributed by atoms with van der Waals surface area (Å²) in [6, 6.07) is 49.3. The quantitative estimate of drug-likeness (QED) is 0.304. The van der Waals surface area contributed by atoms with E-state index in [9.17, 15) is 9.59 Å². The molecule has 0 aliphatic carbocycles. The molecule has 0 amide bonds. The molecule has 0 atom stereocenters. The van der Waals surface area contributed by atoms with Crippen molar-refractivity contribution in [1.82, 2.24) is 0 Å². The minimum atomic E-state index is -1.91. The fourth-order valence-electron chi connectivity index (χ4n) is 4.36. The summed E-state index contributed by atoms with van der Waals surface area (Å²) in [6.45, 7) is 0. The van der Waals surface area contributed by atoms with Crippen molar-refractivity contribution < 1.29 is 19.8 Å². The van der Waals surface area contributed by atoms with Gasteiger partial charge in [-0.1, -0.05) is 84.9 Å². The van der Waals surface area contributed by atoms with Crippen LogP contribution in [0.3, 0.4) is 0 Å². The average Bonchev–Trinajstić information content (AvgIpc) is 2.96. The van der Waals surface area contributed by atoms with Crippen molar-refractivity contribution in [1.29, 1.82) is 0 Å². The second-order valence-corrected chi connectivity index (χ2v) is 11.6. The second-order valence-electron chi connectivity index (χ2n) is 8.17. The van der Waals surface area contributed by atoms with Crippen molar-refractivity contribution in [3.8, 4) is 0 Å². The van der Waals surface area contributed by atoms with Gasteiger partial charge in [0.25, 0.3) is 0 Å². The maximum Gasteiger partial charge on any atom is 0.336 e. The Labute approximate surface area is 216 Å². The molecule has 0 unspecified atom stereocenters. The van der Waals surface area contributed by atoms with E-state index in [2.05, 4.69) is 121 Å². The summed E-state index contributed by atoms with van der Waals surface area (Å²) in [5.74, 6) is -2.46. The molecule has 0 bridgehead atoms. The topological polar surface area (TPSA) is 74.6 Å². The average molecular weight is 506 g/mol. The van der Waals surface area contributed by atoms with Crippen LogP contribution in [0.25, 0.3) is 0 Å². The van der Waals surface area contributed by atoms with Crippen LogP contribution in [0, 0.1) is 0 Å². The van der Waals surface area contributed by atoms with Crippen molar-refractivity contribution in [3.05, 3.63) is 157 Å². The zero-order chi connectivity index (χ0) is 26.1. The molecule has 0 saturated carbocycles. The molecule has 5 aromatic rings. The van der Waals surface area contributed by atoms with Crippen molar-refractivity contribution >= 4 is 40.4 Å². The van der Waals surface area contributed by atoms with Crippen molar-refractivity contribution in [2.45, 2.75) is 0 Å². The van der Waals surface area contributed by atoms with E-state index in [1.165, 1.54) is 45.5 Å². The van der Waals surface area contributed by atoms with Crippen LogP contribution in [0.4, 0.5) is 0 Å². The Kier molecular flexibility index (Phi) is 8.25. The van der Waals surface area contributed by atoms with Gasteiger partial charge in [-0.15, -0.1) is 0 Å². The standard InChI is InChI=1S/C24H20P.C8H6O4/c1-5-13-21(14-6-1)25(22-15-7-2-8-16-22,23-17-9-3-10-18-23)24-19-11-4-12-20-24;9-7(10)5-3-1-2-4-6(5)8(11)12/h1-20H;1-4H,(H,9,10)(H,11,12)/q+1;. The lowest BCUT2D eigenvalue weighted by molar-refractivity contribution is 0.0651. The zero-order valence-corrected chi connectivity index (χ0v) is 20.9. The summed E-state index contributed by atoms with van der Waals surface area (Å²) in [7, 11) is -1.91. The minimum Gasteiger partial charge on any atom is -0.478 e. The van der Waals surface area contributed by atoms with E-state index in [4.69, 9.17) is 10.2 Å². The Bertz CT molecular complexity index is 1260. The molecule has 0 saturated heterocycles. The number of carboxylic acid groups (broad SMARTS) is 2. The number of aromatic carboxylic acids is 2. The number of carbonyl (C=O) groups is 2. The van der Waals surface area contributed by atoms with Crippen LogP contribution in [-0.4, -0.2) is 22.2 Å². The molecule has 4 nitrogen and oxygen atoms in total. The van der Waals surface area contributed by atoms with Gasteiger partial charge in [-0.2, -0.15) is 0 Å². The summed E-state index contributed by atoms with van der Waals surface area (Å²) in [6.07, 6.45) is 0. The third-order valence-electron chi connectivity index (χ3n) is 5.96. The fourth-order valence-corrected chi connectivity index (χ4v) is 8.62. The molecule has 0 radical (unpaired) electrons. The molecule has 0 fully saturated rings. The van der Waals surface area contributed by atoms with Gasteiger partial charge in [-0.3, -0.25) is 0 Å². The highest BCUT2D eigenvalue weighted by molar-refractivity contribution is 8.01. The van der Waals surface area contributed by atoms with E-state index >= 15 is 0 Å². The predicted octanol–water partition coefficient (Wildman–Crippen LogP) is 5.39. The fraction of sp³-hybridized carbons (Fsp3) is 0. The third-order valence-corrected chi connectivity index (χ3v) is 10.3. The molecule has 0 aliphatic heterocycles. The van der Waals surface area contributed by atoms with E-state index in [1.54, 1.807) is 0 Å². The van der Waals surface area contributed by atoms with Crippen LogP contribution < -0.4 is 21.2 Å². The van der Waals surface area contributed by atoms with Gasteiger partial charge >= 0.3 is 11.9 Å². The lowest BCUT2D eigenvalue weighted by Crippen LogP contribution is -2.38. The largest absolute Gasteiger partial charge is 0.478 e. The van der Waals surface area contributed by atoms with E-state index in [1.807, 2.05) is 0 Å². The number of benzene rings is 5. The molecular formula is C32H26O4P+. The normalized spacial score (nSPS) is 10.6. The van der Waals surface area contributed by atoms with Gasteiger partial charge in [0.15, 0.2) is 0 Å². The van der Waals surface area contributed by atoms with Gasteiger partial charge in [0.1, 0.15) is 28.5 Å². The molecule has 37 heavy (non-hydrogen) atoms. The Balaban J connectivity index is 0.000000225. The summed E-state index contributed by atoms with van der Waals surface area (Å²) >= 11 is 0. The Morgan fingerprint density at radius 1 is 0.378 bits per heavy atom. The number of rotatable bonds is 6. The van der Waals surface area contributed by atoms with Gasteiger partial charge in [-0.25, -0.2) is 9.59 Å². The highest BCUT2D eigenvalue weighted by Gasteiger charge is 2.47. The monoisotopic (exact) mass is 505 g/mol. The maximum absolute atomic E-state index is 10.5. The maximum atomic E-state index is 10.5.